The molecule has 0 spiro atoms. The van der Waals surface area contributed by atoms with Crippen molar-refractivity contribution in [2.75, 3.05) is 0 Å². The Balaban J connectivity index is 1.37. The molecule has 0 bridgehead atoms. The van der Waals surface area contributed by atoms with Gasteiger partial charge in [-0.15, -0.1) is 11.3 Å². The SMILES string of the molecule is c1ccc(-c2cc(-c3ccccc3)nc(-c3cccc(-c4c5ccccc5nc5c4sc4ccccc45)c3)n2)cc1. The van der Waals surface area contributed by atoms with Gasteiger partial charge in [-0.3, -0.25) is 0 Å². The van der Waals surface area contributed by atoms with E-state index in [2.05, 4.69) is 103 Å². The maximum atomic E-state index is 5.11. The number of nitrogens with zero attached hydrogens (tertiary/aromatic N) is 3. The molecule has 41 heavy (non-hydrogen) atoms. The van der Waals surface area contributed by atoms with E-state index in [-0.39, 0.29) is 0 Å². The molecule has 0 saturated heterocycles. The minimum Gasteiger partial charge on any atom is -0.246 e. The molecule has 3 aromatic heterocycles. The third kappa shape index (κ3) is 4.17. The molecule has 0 radical (unpaired) electrons. The van der Waals surface area contributed by atoms with Crippen molar-refractivity contribution >= 4 is 42.5 Å². The van der Waals surface area contributed by atoms with Gasteiger partial charge in [0.05, 0.1) is 27.1 Å². The second-order valence-electron chi connectivity index (χ2n) is 10.1. The van der Waals surface area contributed by atoms with Gasteiger partial charge in [-0.25, -0.2) is 15.0 Å². The Hall–Kier alpha value is -5.19. The third-order valence-corrected chi connectivity index (χ3v) is 8.65. The molecule has 5 aromatic carbocycles. The zero-order valence-corrected chi connectivity index (χ0v) is 22.8. The van der Waals surface area contributed by atoms with Crippen molar-refractivity contribution < 1.29 is 0 Å². The highest BCUT2D eigenvalue weighted by atomic mass is 32.1. The van der Waals surface area contributed by atoms with Crippen molar-refractivity contribution in [2.24, 2.45) is 0 Å². The van der Waals surface area contributed by atoms with E-state index in [9.17, 15) is 0 Å². The number of para-hydroxylation sites is 1. The predicted molar refractivity (Wildman–Crippen MR) is 172 cm³/mol. The summed E-state index contributed by atoms with van der Waals surface area (Å²) in [5.74, 6) is 0.706. The van der Waals surface area contributed by atoms with Gasteiger partial charge >= 0.3 is 0 Å². The van der Waals surface area contributed by atoms with Crippen molar-refractivity contribution in [2.45, 2.75) is 0 Å². The molecule has 4 heteroatoms. The molecule has 0 saturated carbocycles. The van der Waals surface area contributed by atoms with Crippen LogP contribution in [-0.4, -0.2) is 15.0 Å². The lowest BCUT2D eigenvalue weighted by Gasteiger charge is -2.12. The van der Waals surface area contributed by atoms with Gasteiger partial charge in [0.2, 0.25) is 0 Å². The van der Waals surface area contributed by atoms with Gasteiger partial charge in [0.1, 0.15) is 0 Å². The van der Waals surface area contributed by atoms with E-state index in [4.69, 9.17) is 15.0 Å². The minimum absolute atomic E-state index is 0.706. The average molecular weight is 542 g/mol. The van der Waals surface area contributed by atoms with Gasteiger partial charge in [-0.1, -0.05) is 115 Å². The zero-order chi connectivity index (χ0) is 27.2. The van der Waals surface area contributed by atoms with Crippen molar-refractivity contribution in [1.82, 2.24) is 15.0 Å². The summed E-state index contributed by atoms with van der Waals surface area (Å²) in [5.41, 5.74) is 9.31. The van der Waals surface area contributed by atoms with Crippen molar-refractivity contribution in [3.05, 3.63) is 140 Å². The van der Waals surface area contributed by atoms with E-state index in [1.165, 1.54) is 20.3 Å². The molecular formula is C37H23N3S. The molecule has 8 rings (SSSR count). The topological polar surface area (TPSA) is 38.7 Å². The van der Waals surface area contributed by atoms with E-state index in [1.807, 2.05) is 36.4 Å². The van der Waals surface area contributed by atoms with Crippen LogP contribution in [0.1, 0.15) is 0 Å². The standard InChI is InChI=1S/C37H23N3S/c1-3-12-24(13-4-1)31-23-32(25-14-5-2-6-15-25)40-37(39-31)27-17-11-16-26(22-27)34-28-18-7-9-20-30(28)38-35-29-19-8-10-21-33(29)41-36(34)35/h1-23H. The Morgan fingerprint density at radius 2 is 1.02 bits per heavy atom. The normalized spacial score (nSPS) is 11.4. The van der Waals surface area contributed by atoms with Crippen molar-refractivity contribution in [3.63, 3.8) is 0 Å². The van der Waals surface area contributed by atoms with E-state index < -0.39 is 0 Å². The van der Waals surface area contributed by atoms with Crippen LogP contribution in [0.15, 0.2) is 140 Å². The Morgan fingerprint density at radius 1 is 0.439 bits per heavy atom. The van der Waals surface area contributed by atoms with Gasteiger partial charge in [-0.2, -0.15) is 0 Å². The highest BCUT2D eigenvalue weighted by Crippen LogP contribution is 2.43. The van der Waals surface area contributed by atoms with E-state index in [0.717, 1.165) is 50.1 Å². The Labute approximate surface area is 241 Å². The average Bonchev–Trinajstić information content (AvgIpc) is 3.42. The molecule has 3 nitrogen and oxygen atoms in total. The lowest BCUT2D eigenvalue weighted by atomic mass is 9.98. The summed E-state index contributed by atoms with van der Waals surface area (Å²) in [5, 5.41) is 2.34. The number of pyridine rings is 1. The number of hydrogen-bond donors (Lipinski definition) is 0. The molecule has 0 unspecified atom stereocenters. The zero-order valence-electron chi connectivity index (χ0n) is 22.0. The second kappa shape index (κ2) is 9.77. The van der Waals surface area contributed by atoms with Crippen LogP contribution in [0.5, 0.6) is 0 Å². The summed E-state index contributed by atoms with van der Waals surface area (Å²) in [6, 6.07) is 48.3. The summed E-state index contributed by atoms with van der Waals surface area (Å²) in [4.78, 5) is 15.3. The summed E-state index contributed by atoms with van der Waals surface area (Å²) in [7, 11) is 0. The molecule has 3 heterocycles. The number of hydrogen-bond acceptors (Lipinski definition) is 4. The first-order valence-electron chi connectivity index (χ1n) is 13.6. The second-order valence-corrected chi connectivity index (χ2v) is 11.1. The molecule has 0 N–H and O–H groups in total. The molecule has 0 fully saturated rings. The molecule has 0 atom stereocenters. The fraction of sp³-hybridized carbons (Fsp3) is 0. The van der Waals surface area contributed by atoms with Crippen LogP contribution in [0.25, 0.3) is 76.2 Å². The quantitative estimate of drug-likeness (QED) is 0.222. The van der Waals surface area contributed by atoms with Gasteiger partial charge in [0.15, 0.2) is 5.82 Å². The first kappa shape index (κ1) is 23.7. The Kier molecular flexibility index (Phi) is 5.64. The highest BCUT2D eigenvalue weighted by molar-refractivity contribution is 7.26. The molecular weight excluding hydrogens is 518 g/mol. The number of thiophene rings is 1. The first-order chi connectivity index (χ1) is 20.3. The smallest absolute Gasteiger partial charge is 0.160 e. The van der Waals surface area contributed by atoms with Crippen LogP contribution in [-0.2, 0) is 0 Å². The van der Waals surface area contributed by atoms with Crippen LogP contribution in [0.4, 0.5) is 0 Å². The van der Waals surface area contributed by atoms with Gasteiger partial charge in [0, 0.05) is 37.7 Å². The van der Waals surface area contributed by atoms with Gasteiger partial charge in [-0.05, 0) is 29.8 Å². The van der Waals surface area contributed by atoms with Crippen molar-refractivity contribution in [1.29, 1.82) is 0 Å². The third-order valence-electron chi connectivity index (χ3n) is 7.48. The molecule has 192 valence electrons. The van der Waals surface area contributed by atoms with Crippen molar-refractivity contribution in [3.8, 4) is 45.0 Å². The van der Waals surface area contributed by atoms with Crippen LogP contribution < -0.4 is 0 Å². The maximum Gasteiger partial charge on any atom is 0.160 e. The largest absolute Gasteiger partial charge is 0.246 e. The van der Waals surface area contributed by atoms with Crippen LogP contribution in [0.2, 0.25) is 0 Å². The Morgan fingerprint density at radius 3 is 1.76 bits per heavy atom. The number of rotatable bonds is 4. The molecule has 8 aromatic rings. The Bertz CT molecular complexity index is 2140. The summed E-state index contributed by atoms with van der Waals surface area (Å²) < 4.78 is 2.44. The van der Waals surface area contributed by atoms with E-state index in [0.29, 0.717) is 5.82 Å². The number of benzene rings is 5. The van der Waals surface area contributed by atoms with Gasteiger partial charge in [0.25, 0.3) is 0 Å². The fourth-order valence-electron chi connectivity index (χ4n) is 5.53. The lowest BCUT2D eigenvalue weighted by molar-refractivity contribution is 1.18. The monoisotopic (exact) mass is 541 g/mol. The van der Waals surface area contributed by atoms with Crippen LogP contribution in [0, 0.1) is 0 Å². The van der Waals surface area contributed by atoms with E-state index >= 15 is 0 Å². The van der Waals surface area contributed by atoms with E-state index in [1.54, 1.807) is 11.3 Å². The van der Waals surface area contributed by atoms with Crippen LogP contribution >= 0.6 is 11.3 Å². The highest BCUT2D eigenvalue weighted by Gasteiger charge is 2.17. The number of fused-ring (bicyclic) bond motifs is 4. The molecule has 0 aliphatic rings. The lowest BCUT2D eigenvalue weighted by Crippen LogP contribution is -1.96. The summed E-state index contributed by atoms with van der Waals surface area (Å²) in [6.45, 7) is 0. The molecule has 0 amide bonds. The first-order valence-corrected chi connectivity index (χ1v) is 14.4. The predicted octanol–water partition coefficient (Wildman–Crippen LogP) is 10.1. The summed E-state index contributed by atoms with van der Waals surface area (Å²) in [6.07, 6.45) is 0. The summed E-state index contributed by atoms with van der Waals surface area (Å²) >= 11 is 1.81. The van der Waals surface area contributed by atoms with Gasteiger partial charge < -0.3 is 0 Å². The minimum atomic E-state index is 0.706. The fourth-order valence-corrected chi connectivity index (χ4v) is 6.75. The maximum absolute atomic E-state index is 5.11. The van der Waals surface area contributed by atoms with Crippen LogP contribution in [0.3, 0.4) is 0 Å². The number of aromatic nitrogens is 3. The molecule has 0 aliphatic heterocycles. The molecule has 0 aliphatic carbocycles.